The van der Waals surface area contributed by atoms with Crippen LogP contribution in [-0.2, 0) is 9.53 Å². The van der Waals surface area contributed by atoms with Gasteiger partial charge in [-0.2, -0.15) is 0 Å². The van der Waals surface area contributed by atoms with Crippen molar-refractivity contribution in [3.05, 3.63) is 65.7 Å². The second-order valence-electron chi connectivity index (χ2n) is 6.87. The van der Waals surface area contributed by atoms with Gasteiger partial charge < -0.3 is 15.4 Å². The van der Waals surface area contributed by atoms with Crippen molar-refractivity contribution in [2.24, 2.45) is 5.92 Å². The van der Waals surface area contributed by atoms with E-state index < -0.39 is 0 Å². The van der Waals surface area contributed by atoms with Crippen molar-refractivity contribution in [1.82, 2.24) is 5.32 Å². The standard InChI is InChI=1S/C22H26N2O3/c1-16(17-6-3-2-4-7-17)27-15-5-14-23-21(25)18-10-12-20(13-11-18)24-22(26)19-8-9-19/h2-4,6-7,10-13,16,19H,5,8-9,14-15H2,1H3,(H,23,25)(H,24,26). The number of ether oxygens (including phenoxy) is 1. The van der Waals surface area contributed by atoms with Gasteiger partial charge in [-0.3, -0.25) is 9.59 Å². The van der Waals surface area contributed by atoms with Gasteiger partial charge in [0.15, 0.2) is 0 Å². The SMILES string of the molecule is CC(OCCCNC(=O)c1ccc(NC(=O)C2CC2)cc1)c1ccccc1. The number of amides is 2. The normalized spacial score (nSPS) is 14.4. The summed E-state index contributed by atoms with van der Waals surface area (Å²) in [6.07, 6.45) is 2.74. The predicted octanol–water partition coefficient (Wildman–Crippen LogP) is 3.93. The van der Waals surface area contributed by atoms with Crippen molar-refractivity contribution < 1.29 is 14.3 Å². The maximum absolute atomic E-state index is 12.2. The Morgan fingerprint density at radius 1 is 1.07 bits per heavy atom. The minimum atomic E-state index is -0.119. The van der Waals surface area contributed by atoms with Gasteiger partial charge in [-0.15, -0.1) is 0 Å². The van der Waals surface area contributed by atoms with Crippen LogP contribution >= 0.6 is 0 Å². The fraction of sp³-hybridized carbons (Fsp3) is 0.364. The molecule has 1 saturated carbocycles. The summed E-state index contributed by atoms with van der Waals surface area (Å²) in [7, 11) is 0. The third kappa shape index (κ3) is 5.93. The maximum atomic E-state index is 12.2. The topological polar surface area (TPSA) is 67.4 Å². The highest BCUT2D eigenvalue weighted by atomic mass is 16.5. The third-order valence-electron chi connectivity index (χ3n) is 4.61. The minimum Gasteiger partial charge on any atom is -0.374 e. The van der Waals surface area contributed by atoms with Crippen molar-refractivity contribution in [1.29, 1.82) is 0 Å². The molecule has 0 heterocycles. The molecule has 2 aromatic rings. The van der Waals surface area contributed by atoms with Gasteiger partial charge in [-0.1, -0.05) is 30.3 Å². The van der Waals surface area contributed by atoms with E-state index in [0.717, 1.165) is 30.5 Å². The molecule has 1 atom stereocenters. The van der Waals surface area contributed by atoms with E-state index in [-0.39, 0.29) is 23.8 Å². The molecule has 5 nitrogen and oxygen atoms in total. The van der Waals surface area contributed by atoms with Crippen molar-refractivity contribution in [3.8, 4) is 0 Å². The largest absolute Gasteiger partial charge is 0.374 e. The van der Waals surface area contributed by atoms with Gasteiger partial charge in [-0.25, -0.2) is 0 Å². The van der Waals surface area contributed by atoms with Crippen molar-refractivity contribution in [2.75, 3.05) is 18.5 Å². The Bertz CT molecular complexity index is 755. The lowest BCUT2D eigenvalue weighted by Gasteiger charge is -2.13. The van der Waals surface area contributed by atoms with Crippen LogP contribution in [0.3, 0.4) is 0 Å². The van der Waals surface area contributed by atoms with E-state index in [9.17, 15) is 9.59 Å². The molecule has 3 rings (SSSR count). The van der Waals surface area contributed by atoms with Crippen LogP contribution in [0, 0.1) is 5.92 Å². The monoisotopic (exact) mass is 366 g/mol. The van der Waals surface area contributed by atoms with Gasteiger partial charge in [0.2, 0.25) is 5.91 Å². The Kier molecular flexibility index (Phi) is 6.60. The van der Waals surface area contributed by atoms with Crippen molar-refractivity contribution in [3.63, 3.8) is 0 Å². The minimum absolute atomic E-state index is 0.0419. The Hall–Kier alpha value is -2.66. The van der Waals surface area contributed by atoms with E-state index in [1.807, 2.05) is 37.3 Å². The zero-order valence-corrected chi connectivity index (χ0v) is 15.6. The number of nitrogens with one attached hydrogen (secondary N) is 2. The second-order valence-corrected chi connectivity index (χ2v) is 6.87. The van der Waals surface area contributed by atoms with E-state index in [1.54, 1.807) is 24.3 Å². The van der Waals surface area contributed by atoms with Crippen molar-refractivity contribution >= 4 is 17.5 Å². The van der Waals surface area contributed by atoms with Gasteiger partial charge in [0, 0.05) is 30.3 Å². The number of carbonyl (C=O) groups is 2. The van der Waals surface area contributed by atoms with Crippen LogP contribution in [-0.4, -0.2) is 25.0 Å². The molecule has 0 spiro atoms. The second kappa shape index (κ2) is 9.33. The molecule has 1 unspecified atom stereocenters. The van der Waals surface area contributed by atoms with Crippen LogP contribution in [0.5, 0.6) is 0 Å². The fourth-order valence-electron chi connectivity index (χ4n) is 2.75. The van der Waals surface area contributed by atoms with E-state index >= 15 is 0 Å². The molecule has 0 saturated heterocycles. The summed E-state index contributed by atoms with van der Waals surface area (Å²) in [5.41, 5.74) is 2.46. The van der Waals surface area contributed by atoms with Gasteiger partial charge in [0.1, 0.15) is 0 Å². The maximum Gasteiger partial charge on any atom is 0.251 e. The lowest BCUT2D eigenvalue weighted by atomic mass is 10.1. The van der Waals surface area contributed by atoms with E-state index in [1.165, 1.54) is 0 Å². The number of benzene rings is 2. The molecule has 27 heavy (non-hydrogen) atoms. The molecule has 5 heteroatoms. The highest BCUT2D eigenvalue weighted by Gasteiger charge is 2.29. The lowest BCUT2D eigenvalue weighted by molar-refractivity contribution is -0.117. The van der Waals surface area contributed by atoms with Gasteiger partial charge >= 0.3 is 0 Å². The Labute approximate surface area is 160 Å². The van der Waals surface area contributed by atoms with Crippen LogP contribution in [0.15, 0.2) is 54.6 Å². The average Bonchev–Trinajstić information content (AvgIpc) is 3.54. The highest BCUT2D eigenvalue weighted by molar-refractivity contribution is 5.96. The zero-order valence-electron chi connectivity index (χ0n) is 15.6. The summed E-state index contributed by atoms with van der Waals surface area (Å²) in [6, 6.07) is 17.1. The van der Waals surface area contributed by atoms with E-state index in [0.29, 0.717) is 18.7 Å². The summed E-state index contributed by atoms with van der Waals surface area (Å²) in [4.78, 5) is 23.9. The molecule has 0 bridgehead atoms. The fourth-order valence-corrected chi connectivity index (χ4v) is 2.75. The summed E-state index contributed by atoms with van der Waals surface area (Å²) >= 11 is 0. The number of rotatable bonds is 9. The molecule has 1 fully saturated rings. The Morgan fingerprint density at radius 2 is 1.78 bits per heavy atom. The molecular weight excluding hydrogens is 340 g/mol. The van der Waals surface area contributed by atoms with E-state index in [4.69, 9.17) is 4.74 Å². The smallest absolute Gasteiger partial charge is 0.251 e. The van der Waals surface area contributed by atoms with Crippen LogP contribution in [0.2, 0.25) is 0 Å². The molecule has 0 aliphatic heterocycles. The molecule has 2 amide bonds. The van der Waals surface area contributed by atoms with Crippen LogP contribution in [0.25, 0.3) is 0 Å². The predicted molar refractivity (Wildman–Crippen MR) is 106 cm³/mol. The number of carbonyl (C=O) groups excluding carboxylic acids is 2. The van der Waals surface area contributed by atoms with E-state index in [2.05, 4.69) is 10.6 Å². The first-order valence-corrected chi connectivity index (χ1v) is 9.49. The molecular formula is C22H26N2O3. The number of hydrogen-bond donors (Lipinski definition) is 2. The molecule has 1 aliphatic carbocycles. The first-order valence-electron chi connectivity index (χ1n) is 9.49. The van der Waals surface area contributed by atoms with Gasteiger partial charge in [0.05, 0.1) is 6.10 Å². The molecule has 142 valence electrons. The third-order valence-corrected chi connectivity index (χ3v) is 4.61. The summed E-state index contributed by atoms with van der Waals surface area (Å²) in [6.45, 7) is 3.17. The quantitative estimate of drug-likeness (QED) is 0.661. The lowest BCUT2D eigenvalue weighted by Crippen LogP contribution is -2.25. The van der Waals surface area contributed by atoms with Crippen molar-refractivity contribution in [2.45, 2.75) is 32.3 Å². The summed E-state index contributed by atoms with van der Waals surface area (Å²) < 4.78 is 5.80. The number of anilines is 1. The average molecular weight is 366 g/mol. The molecule has 1 aliphatic rings. The highest BCUT2D eigenvalue weighted by Crippen LogP contribution is 2.30. The number of hydrogen-bond acceptors (Lipinski definition) is 3. The summed E-state index contributed by atoms with van der Waals surface area (Å²) in [5.74, 6) is 0.114. The molecule has 0 radical (unpaired) electrons. The first-order chi connectivity index (χ1) is 13.1. The Balaban J connectivity index is 1.34. The molecule has 2 N–H and O–H groups in total. The van der Waals surface area contributed by atoms with Gasteiger partial charge in [0.25, 0.3) is 5.91 Å². The molecule has 2 aromatic carbocycles. The molecule has 0 aromatic heterocycles. The van der Waals surface area contributed by atoms with Gasteiger partial charge in [-0.05, 0) is 56.0 Å². The summed E-state index contributed by atoms with van der Waals surface area (Å²) in [5, 5.41) is 5.76. The first kappa shape index (κ1) is 19.1. The Morgan fingerprint density at radius 3 is 2.44 bits per heavy atom. The van der Waals surface area contributed by atoms with Crippen LogP contribution in [0.1, 0.15) is 48.2 Å². The van der Waals surface area contributed by atoms with Crippen LogP contribution in [0.4, 0.5) is 5.69 Å². The zero-order chi connectivity index (χ0) is 19.1. The van der Waals surface area contributed by atoms with Crippen LogP contribution < -0.4 is 10.6 Å².